The minimum atomic E-state index is -4.10. The second-order valence-corrected chi connectivity index (χ2v) is 22.4. The summed E-state index contributed by atoms with van der Waals surface area (Å²) in [5.41, 5.74) is 1.45. The number of ether oxygens (including phenoxy) is 4. The zero-order valence-electron chi connectivity index (χ0n) is 40.7. The van der Waals surface area contributed by atoms with E-state index in [1.807, 2.05) is 41.0 Å². The van der Waals surface area contributed by atoms with Crippen molar-refractivity contribution >= 4 is 102 Å². The van der Waals surface area contributed by atoms with Gasteiger partial charge in [-0.15, -0.1) is 31.5 Å². The average Bonchev–Trinajstić information content (AvgIpc) is 3.85. The summed E-state index contributed by atoms with van der Waals surface area (Å²) in [6.07, 6.45) is 4.41. The number of amides is 2. The van der Waals surface area contributed by atoms with E-state index < -0.39 is 43.7 Å². The van der Waals surface area contributed by atoms with Crippen molar-refractivity contribution in [2.75, 3.05) is 40.4 Å². The quantitative estimate of drug-likeness (QED) is 0.0484. The van der Waals surface area contributed by atoms with E-state index in [2.05, 4.69) is 60.6 Å². The van der Waals surface area contributed by atoms with Gasteiger partial charge >= 0.3 is 58.7 Å². The number of rotatable bonds is 7. The predicted molar refractivity (Wildman–Crippen MR) is 270 cm³/mol. The first-order valence-electron chi connectivity index (χ1n) is 21.5. The Morgan fingerprint density at radius 1 is 0.662 bits per heavy atom. The Morgan fingerprint density at radius 2 is 1.06 bits per heavy atom. The number of hydrogen-bond donors (Lipinski definition) is 0. The van der Waals surface area contributed by atoms with Crippen LogP contribution in [0.1, 0.15) is 85.1 Å². The number of halogens is 2. The van der Waals surface area contributed by atoms with Crippen molar-refractivity contribution in [3.63, 3.8) is 0 Å². The van der Waals surface area contributed by atoms with Crippen LogP contribution in [0.15, 0.2) is 87.3 Å². The van der Waals surface area contributed by atoms with Crippen LogP contribution >= 0.6 is 35.7 Å². The molecule has 6 aromatic rings. The van der Waals surface area contributed by atoms with E-state index in [1.54, 1.807) is 73.2 Å². The maximum absolute atomic E-state index is 13.3. The third kappa shape index (κ3) is 13.7. The van der Waals surface area contributed by atoms with Crippen LogP contribution in [-0.4, -0.2) is 131 Å². The van der Waals surface area contributed by atoms with Crippen LogP contribution < -0.4 is 0 Å². The Hall–Kier alpha value is -5.11. The number of carbonyl (C=O) groups is 4. The van der Waals surface area contributed by atoms with E-state index in [4.69, 9.17) is 14.2 Å². The van der Waals surface area contributed by atoms with Gasteiger partial charge in [0, 0.05) is 35.9 Å². The fraction of sp³-hybridized carbons (Fsp3) is 0.370. The summed E-state index contributed by atoms with van der Waals surface area (Å²) in [6, 6.07) is 15.9. The number of hydrogen-bond acceptors (Lipinski definition) is 16. The zero-order valence-corrected chi connectivity index (χ0v) is 49.0. The molecule has 4 aromatic heterocycles. The summed E-state index contributed by atoms with van der Waals surface area (Å²) >= 11 is 6.87. The SMILES string of the molecule is CC(C)(C)OC(=O)N1C[CH-]C1.COC(=O)c1nn(S(=O)(=O)c2ccc(C)cc2)c2ncc(Br)cc12.COC(=O)c1nn(S(=O)(=O)c2ccc(C)cc2)c2ncc(C3CN(C(=O)OC(C)(C)C)C3)cc12.[Zn+][I]. The first kappa shape index (κ1) is 56.8. The van der Waals surface area contributed by atoms with Crippen molar-refractivity contribution in [2.45, 2.75) is 82.3 Å². The van der Waals surface area contributed by atoms with Crippen LogP contribution in [0.2, 0.25) is 0 Å². The Labute approximate surface area is 441 Å². The first-order valence-corrected chi connectivity index (χ1v) is 34.2. The van der Waals surface area contributed by atoms with E-state index in [1.165, 1.54) is 59.5 Å². The summed E-state index contributed by atoms with van der Waals surface area (Å²) in [6.45, 7) is 17.0. The Morgan fingerprint density at radius 3 is 1.44 bits per heavy atom. The van der Waals surface area contributed by atoms with Crippen molar-refractivity contribution in [2.24, 2.45) is 0 Å². The number of likely N-dealkylation sites (tertiary alicyclic amines) is 2. The molecule has 0 N–H and O–H groups in total. The van der Waals surface area contributed by atoms with Gasteiger partial charge in [-0.3, -0.25) is 6.42 Å². The molecule has 0 atom stereocenters. The van der Waals surface area contributed by atoms with Crippen LogP contribution in [0.4, 0.5) is 9.59 Å². The fourth-order valence-corrected chi connectivity index (χ4v) is 9.33. The summed E-state index contributed by atoms with van der Waals surface area (Å²) < 4.78 is 74.3. The molecule has 376 valence electrons. The van der Waals surface area contributed by atoms with Crippen molar-refractivity contribution < 1.29 is 69.7 Å². The van der Waals surface area contributed by atoms with Crippen LogP contribution in [-0.2, 0) is 53.8 Å². The predicted octanol–water partition coefficient (Wildman–Crippen LogP) is 7.95. The molecule has 2 fully saturated rings. The number of benzene rings is 2. The second kappa shape index (κ2) is 23.2. The van der Waals surface area contributed by atoms with E-state index in [-0.39, 0.29) is 60.9 Å². The molecule has 2 aliphatic rings. The van der Waals surface area contributed by atoms with Crippen molar-refractivity contribution in [3.8, 4) is 0 Å². The maximum atomic E-state index is 13.3. The van der Waals surface area contributed by atoms with E-state index in [0.717, 1.165) is 38.0 Å². The minimum absolute atomic E-state index is 0.0213. The van der Waals surface area contributed by atoms with Crippen LogP contribution in [0, 0.1) is 20.3 Å². The molecule has 20 nitrogen and oxygen atoms in total. The number of carbonyl (C=O) groups excluding carboxylic acids is 4. The average molecular weight is 1250 g/mol. The second-order valence-electron chi connectivity index (χ2n) is 17.9. The van der Waals surface area contributed by atoms with Gasteiger partial charge in [0.25, 0.3) is 20.0 Å². The van der Waals surface area contributed by atoms with Crippen molar-refractivity contribution in [1.82, 2.24) is 38.1 Å². The summed E-state index contributed by atoms with van der Waals surface area (Å²) in [5.74, 6) is -1.55. The van der Waals surface area contributed by atoms with Gasteiger partial charge in [-0.05, 0) is 113 Å². The monoisotopic (exact) mass is 1240 g/mol. The standard InChI is InChI=1S/C23H26N4O6S.C15H12BrN3O4S.C8H14NO2.HI.Zn/c1-14-6-8-17(9-7-14)34(30,31)27-20-18(19(25-27)21(28)32-5)10-15(11-24-20)16-12-26(13-16)22(29)33-23(2,3)4;1-9-3-5-11(6-4-9)24(21,22)19-14-12(7-10(16)8-17-14)13(18-19)15(20)23-2;1-8(2,3)11-7(10)9-5-4-6-9;;/h6-11,16H,12-13H2,1-5H3;3-8H,1-2H3;4H,5-6H2,1-3H3;1H;/q;;-1;;+2/p-1. The van der Waals surface area contributed by atoms with Crippen molar-refractivity contribution in [3.05, 3.63) is 112 Å². The van der Waals surface area contributed by atoms with Crippen LogP contribution in [0.25, 0.3) is 22.1 Å². The number of fused-ring (bicyclic) bond motifs is 2. The molecule has 71 heavy (non-hydrogen) atoms. The van der Waals surface area contributed by atoms with Gasteiger partial charge in [0.05, 0.1) is 34.8 Å². The number of aryl methyl sites for hydroxylation is 2. The molecule has 0 bridgehead atoms. The molecule has 2 saturated heterocycles. The van der Waals surface area contributed by atoms with Gasteiger partial charge in [-0.25, -0.2) is 29.1 Å². The van der Waals surface area contributed by atoms with Gasteiger partial charge in [0.1, 0.15) is 11.2 Å². The fourth-order valence-electron chi connectivity index (χ4n) is 6.52. The Balaban J connectivity index is 0.000000219. The summed E-state index contributed by atoms with van der Waals surface area (Å²) in [5, 5.41) is 8.55. The van der Waals surface area contributed by atoms with Gasteiger partial charge < -0.3 is 28.7 Å². The topological polar surface area (TPSA) is 241 Å². The molecule has 2 aromatic carbocycles. The van der Waals surface area contributed by atoms with E-state index in [0.29, 0.717) is 17.6 Å². The molecule has 0 unspecified atom stereocenters. The number of aromatic nitrogens is 6. The zero-order chi connectivity index (χ0) is 52.8. The van der Waals surface area contributed by atoms with E-state index >= 15 is 0 Å². The molecule has 25 heteroatoms. The number of pyridine rings is 2. The summed E-state index contributed by atoms with van der Waals surface area (Å²) in [7, 11) is -5.70. The van der Waals surface area contributed by atoms with Gasteiger partial charge in [-0.1, -0.05) is 35.4 Å². The van der Waals surface area contributed by atoms with E-state index in [9.17, 15) is 36.0 Å². The number of nitrogens with zero attached hydrogens (tertiary/aromatic N) is 8. The Bertz CT molecular complexity index is 3150. The van der Waals surface area contributed by atoms with Gasteiger partial charge in [-0.2, -0.15) is 16.8 Å². The molecule has 2 amide bonds. The number of methoxy groups -OCH3 is 2. The summed E-state index contributed by atoms with van der Waals surface area (Å²) in [4.78, 5) is 59.4. The van der Waals surface area contributed by atoms with Crippen LogP contribution in [0.5, 0.6) is 0 Å². The third-order valence-electron chi connectivity index (χ3n) is 10.2. The molecule has 0 aliphatic carbocycles. The normalized spacial score (nSPS) is 13.8. The molecule has 6 heterocycles. The molecule has 8 rings (SSSR count). The Kier molecular flexibility index (Phi) is 18.5. The molecule has 0 spiro atoms. The molecule has 0 saturated carbocycles. The van der Waals surface area contributed by atoms with Crippen molar-refractivity contribution in [1.29, 1.82) is 0 Å². The van der Waals surface area contributed by atoms with Crippen LogP contribution in [0.3, 0.4) is 0 Å². The van der Waals surface area contributed by atoms with Gasteiger partial charge in [0.2, 0.25) is 0 Å². The number of esters is 2. The third-order valence-corrected chi connectivity index (χ3v) is 13.8. The van der Waals surface area contributed by atoms with Gasteiger partial charge in [0.15, 0.2) is 22.7 Å². The molecular formula is C46H52BrIN8O12S2Zn. The first-order chi connectivity index (χ1) is 33.2. The molecular weight excluding hydrogens is 1190 g/mol. The molecule has 2 aliphatic heterocycles. The molecule has 0 radical (unpaired) electrons.